The third-order valence-electron chi connectivity index (χ3n) is 7.15. The van der Waals surface area contributed by atoms with E-state index < -0.39 is 11.7 Å². The average molecular weight is 312 g/mol. The van der Waals surface area contributed by atoms with Crippen molar-refractivity contribution in [3.8, 4) is 0 Å². The van der Waals surface area contributed by atoms with E-state index in [0.717, 1.165) is 25.0 Å². The van der Waals surface area contributed by atoms with Gasteiger partial charge in [-0.1, -0.05) is 24.8 Å². The van der Waals surface area contributed by atoms with Crippen LogP contribution in [0.2, 0.25) is 0 Å². The summed E-state index contributed by atoms with van der Waals surface area (Å²) in [4.78, 5) is 2.41. The number of para-hydroxylation sites is 1. The summed E-state index contributed by atoms with van der Waals surface area (Å²) in [7, 11) is 0. The Morgan fingerprint density at radius 1 is 1.39 bits per heavy atom. The molecule has 23 heavy (non-hydrogen) atoms. The molecule has 4 heteroatoms. The van der Waals surface area contributed by atoms with E-state index in [1.54, 1.807) is 6.92 Å². The molecule has 122 valence electrons. The van der Waals surface area contributed by atoms with Gasteiger partial charge in [0.05, 0.1) is 12.1 Å². The summed E-state index contributed by atoms with van der Waals surface area (Å²) in [5.41, 5.74) is 2.71. The minimum Gasteiger partial charge on any atom is -0.390 e. The van der Waals surface area contributed by atoms with Crippen molar-refractivity contribution in [3.05, 3.63) is 42.0 Å². The van der Waals surface area contributed by atoms with Crippen molar-refractivity contribution in [2.75, 3.05) is 18.4 Å². The number of fused-ring (bicyclic) bond motifs is 2. The van der Waals surface area contributed by atoms with Crippen molar-refractivity contribution < 1.29 is 10.2 Å². The Kier molecular flexibility index (Phi) is 2.55. The fraction of sp³-hybridized carbons (Fsp3) is 0.579. The second-order valence-corrected chi connectivity index (χ2v) is 7.93. The fourth-order valence-corrected chi connectivity index (χ4v) is 6.01. The predicted octanol–water partition coefficient (Wildman–Crippen LogP) is 1.49. The topological polar surface area (TPSA) is 55.7 Å². The molecule has 5 rings (SSSR count). The Morgan fingerprint density at radius 2 is 2.17 bits per heavy atom. The van der Waals surface area contributed by atoms with Crippen LogP contribution < -0.4 is 5.32 Å². The van der Waals surface area contributed by atoms with Gasteiger partial charge in [-0.15, -0.1) is 0 Å². The first kappa shape index (κ1) is 14.0. The molecular formula is C19H24N2O2. The van der Waals surface area contributed by atoms with Crippen LogP contribution in [0.1, 0.15) is 25.3 Å². The van der Waals surface area contributed by atoms with Gasteiger partial charge in [0.2, 0.25) is 0 Å². The zero-order valence-corrected chi connectivity index (χ0v) is 13.5. The number of nitrogens with zero attached hydrogens (tertiary/aromatic N) is 1. The van der Waals surface area contributed by atoms with Crippen molar-refractivity contribution >= 4 is 5.69 Å². The van der Waals surface area contributed by atoms with Crippen LogP contribution in [0.15, 0.2) is 36.4 Å². The summed E-state index contributed by atoms with van der Waals surface area (Å²) in [6.07, 6.45) is 1.24. The SMILES string of the molecule is C=C1[C@H]2C[C@@H]3N(CCC34c3ccccc3N[C@@H]14)C[C@@]2(O)[C@H](C)O. The minimum absolute atomic E-state index is 0.0400. The van der Waals surface area contributed by atoms with E-state index in [4.69, 9.17) is 0 Å². The van der Waals surface area contributed by atoms with E-state index in [9.17, 15) is 10.2 Å². The molecule has 3 fully saturated rings. The maximum atomic E-state index is 11.2. The molecule has 1 spiro atoms. The minimum atomic E-state index is -1.08. The predicted molar refractivity (Wildman–Crippen MR) is 89.4 cm³/mol. The Balaban J connectivity index is 1.69. The Hall–Kier alpha value is -1.36. The molecule has 6 atom stereocenters. The molecule has 1 aliphatic carbocycles. The molecule has 2 bridgehead atoms. The number of aliphatic hydroxyl groups excluding tert-OH is 1. The molecule has 1 aromatic rings. The largest absolute Gasteiger partial charge is 0.390 e. The lowest BCUT2D eigenvalue weighted by atomic mass is 9.55. The van der Waals surface area contributed by atoms with Gasteiger partial charge in [-0.3, -0.25) is 4.90 Å². The highest BCUT2D eigenvalue weighted by Crippen LogP contribution is 2.61. The van der Waals surface area contributed by atoms with Gasteiger partial charge >= 0.3 is 0 Å². The number of piperidine rings is 1. The van der Waals surface area contributed by atoms with Gasteiger partial charge in [0.25, 0.3) is 0 Å². The maximum Gasteiger partial charge on any atom is 0.109 e. The van der Waals surface area contributed by atoms with E-state index in [2.05, 4.69) is 41.1 Å². The van der Waals surface area contributed by atoms with Crippen LogP contribution in [0.25, 0.3) is 0 Å². The third kappa shape index (κ3) is 1.44. The van der Waals surface area contributed by atoms with Crippen LogP contribution in [0, 0.1) is 5.92 Å². The normalized spacial score (nSPS) is 45.3. The molecule has 1 aromatic carbocycles. The van der Waals surface area contributed by atoms with E-state index in [-0.39, 0.29) is 17.4 Å². The van der Waals surface area contributed by atoms with Crippen LogP contribution >= 0.6 is 0 Å². The number of rotatable bonds is 1. The third-order valence-corrected chi connectivity index (χ3v) is 7.15. The van der Waals surface area contributed by atoms with Gasteiger partial charge < -0.3 is 15.5 Å². The second-order valence-electron chi connectivity index (χ2n) is 7.93. The Morgan fingerprint density at radius 3 is 2.96 bits per heavy atom. The first-order valence-electron chi connectivity index (χ1n) is 8.68. The molecule has 0 radical (unpaired) electrons. The monoisotopic (exact) mass is 312 g/mol. The molecular weight excluding hydrogens is 288 g/mol. The van der Waals surface area contributed by atoms with Crippen LogP contribution in [0.5, 0.6) is 0 Å². The molecule has 1 unspecified atom stereocenters. The first-order chi connectivity index (χ1) is 11.0. The Bertz CT molecular complexity index is 702. The van der Waals surface area contributed by atoms with E-state index in [1.807, 2.05) is 0 Å². The van der Waals surface area contributed by atoms with Gasteiger partial charge in [0, 0.05) is 29.6 Å². The highest BCUT2D eigenvalue weighted by molar-refractivity contribution is 5.67. The average Bonchev–Trinajstić information content (AvgIpc) is 3.07. The van der Waals surface area contributed by atoms with E-state index in [0.29, 0.717) is 12.6 Å². The van der Waals surface area contributed by atoms with Crippen LogP contribution in [0.3, 0.4) is 0 Å². The highest BCUT2D eigenvalue weighted by atomic mass is 16.3. The van der Waals surface area contributed by atoms with Crippen LogP contribution in [-0.2, 0) is 5.41 Å². The zero-order valence-electron chi connectivity index (χ0n) is 13.5. The van der Waals surface area contributed by atoms with Crippen molar-refractivity contribution in [2.45, 2.75) is 49.0 Å². The van der Waals surface area contributed by atoms with Crippen molar-refractivity contribution in [3.63, 3.8) is 0 Å². The van der Waals surface area contributed by atoms with E-state index >= 15 is 0 Å². The molecule has 3 heterocycles. The summed E-state index contributed by atoms with van der Waals surface area (Å²) in [6, 6.07) is 9.22. The Labute approximate surface area is 136 Å². The quantitative estimate of drug-likeness (QED) is 0.688. The van der Waals surface area contributed by atoms with Gasteiger partial charge in [-0.05, 0) is 43.5 Å². The number of benzene rings is 1. The molecule has 4 nitrogen and oxygen atoms in total. The van der Waals surface area contributed by atoms with Gasteiger partial charge in [0.1, 0.15) is 5.60 Å². The molecule has 0 amide bonds. The van der Waals surface area contributed by atoms with Gasteiger partial charge in [0.15, 0.2) is 0 Å². The summed E-state index contributed by atoms with van der Waals surface area (Å²) in [6.45, 7) is 7.64. The standard InChI is InChI=1S/C19H24N2O2/c1-11-14-9-16-18(7-8-21(16)10-19(14,23)12(2)22)13-5-3-4-6-15(13)20-17(11)18/h3-6,12,14,16-17,20,22-23H,1,7-10H2,2H3/t12-,14+,16-,17-,18?,19+/m0/s1. The van der Waals surface area contributed by atoms with Crippen LogP contribution in [0.4, 0.5) is 5.69 Å². The summed E-state index contributed by atoms with van der Waals surface area (Å²) in [5, 5.41) is 25.2. The summed E-state index contributed by atoms with van der Waals surface area (Å²) >= 11 is 0. The number of aliphatic hydroxyl groups is 2. The number of hydrogen-bond donors (Lipinski definition) is 3. The smallest absolute Gasteiger partial charge is 0.109 e. The van der Waals surface area contributed by atoms with Crippen molar-refractivity contribution in [2.24, 2.45) is 5.92 Å². The highest BCUT2D eigenvalue weighted by Gasteiger charge is 2.67. The molecule has 1 saturated carbocycles. The first-order valence-corrected chi connectivity index (χ1v) is 8.68. The number of hydrogen-bond acceptors (Lipinski definition) is 4. The van der Waals surface area contributed by atoms with Crippen molar-refractivity contribution in [1.29, 1.82) is 0 Å². The van der Waals surface area contributed by atoms with Gasteiger partial charge in [-0.25, -0.2) is 0 Å². The van der Waals surface area contributed by atoms with Crippen molar-refractivity contribution in [1.82, 2.24) is 4.90 Å². The molecule has 2 saturated heterocycles. The summed E-state index contributed by atoms with van der Waals surface area (Å²) in [5.74, 6) is -0.0400. The number of anilines is 1. The summed E-state index contributed by atoms with van der Waals surface area (Å²) < 4.78 is 0. The van der Waals surface area contributed by atoms with Gasteiger partial charge in [-0.2, -0.15) is 0 Å². The molecule has 0 aromatic heterocycles. The lowest BCUT2D eigenvalue weighted by Gasteiger charge is -2.57. The second kappa shape index (κ2) is 4.18. The molecule has 4 aliphatic rings. The van der Waals surface area contributed by atoms with E-state index in [1.165, 1.54) is 11.3 Å². The fourth-order valence-electron chi connectivity index (χ4n) is 6.01. The molecule has 3 N–H and O–H groups in total. The van der Waals surface area contributed by atoms with Crippen LogP contribution in [-0.4, -0.2) is 52.0 Å². The molecule has 3 aliphatic heterocycles. The maximum absolute atomic E-state index is 11.2. The lowest BCUT2D eigenvalue weighted by Crippen LogP contribution is -2.69. The lowest BCUT2D eigenvalue weighted by molar-refractivity contribution is -0.151. The number of nitrogens with one attached hydrogen (secondary N) is 1. The zero-order chi connectivity index (χ0) is 16.0.